The summed E-state index contributed by atoms with van der Waals surface area (Å²) in [7, 11) is 1.62. The molecule has 0 bridgehead atoms. The zero-order chi connectivity index (χ0) is 14.8. The molecule has 0 spiro atoms. The van der Waals surface area contributed by atoms with Crippen molar-refractivity contribution in [2.45, 2.75) is 46.1 Å². The highest BCUT2D eigenvalue weighted by Gasteiger charge is 2.33. The molecule has 0 saturated heterocycles. The fraction of sp³-hybridized carbons (Fsp3) is 0.588. The van der Waals surface area contributed by atoms with Crippen LogP contribution < -0.4 is 9.47 Å². The van der Waals surface area contributed by atoms with Crippen molar-refractivity contribution in [3.8, 4) is 17.6 Å². The Morgan fingerprint density at radius 2 is 2.05 bits per heavy atom. The van der Waals surface area contributed by atoms with Crippen LogP contribution in [0.25, 0.3) is 0 Å². The lowest BCUT2D eigenvalue weighted by Gasteiger charge is -2.38. The van der Waals surface area contributed by atoms with Crippen LogP contribution in [0.5, 0.6) is 11.5 Å². The minimum absolute atomic E-state index is 0.174. The molecule has 0 radical (unpaired) electrons. The smallest absolute Gasteiger partial charge is 0.141 e. The molecule has 1 aromatic carbocycles. The van der Waals surface area contributed by atoms with Crippen LogP contribution in [0, 0.1) is 22.7 Å². The Balaban J connectivity index is 2.19. The van der Waals surface area contributed by atoms with E-state index in [0.717, 1.165) is 18.6 Å². The summed E-state index contributed by atoms with van der Waals surface area (Å²) in [5.74, 6) is 2.02. The quantitative estimate of drug-likeness (QED) is 0.830. The molecule has 1 aromatic rings. The Morgan fingerprint density at radius 3 is 2.65 bits per heavy atom. The van der Waals surface area contributed by atoms with Gasteiger partial charge in [0.2, 0.25) is 0 Å². The summed E-state index contributed by atoms with van der Waals surface area (Å²) in [6.07, 6.45) is 3.48. The minimum atomic E-state index is 0.174. The van der Waals surface area contributed by atoms with Gasteiger partial charge in [0.15, 0.2) is 0 Å². The van der Waals surface area contributed by atoms with Crippen LogP contribution >= 0.6 is 0 Å². The lowest BCUT2D eigenvalue weighted by molar-refractivity contribution is 0.0559. The lowest BCUT2D eigenvalue weighted by atomic mass is 9.71. The SMILES string of the molecule is COc1ccc(C#N)c(OC2CC(C)CC(C)(C)C2)c1. The van der Waals surface area contributed by atoms with Crippen LogP contribution in [-0.2, 0) is 0 Å². The van der Waals surface area contributed by atoms with E-state index in [1.54, 1.807) is 19.2 Å². The van der Waals surface area contributed by atoms with E-state index in [9.17, 15) is 5.26 Å². The second-order valence-corrected chi connectivity index (χ2v) is 6.63. The highest BCUT2D eigenvalue weighted by molar-refractivity contribution is 5.47. The Morgan fingerprint density at radius 1 is 1.30 bits per heavy atom. The number of hydrogen-bond donors (Lipinski definition) is 0. The monoisotopic (exact) mass is 273 g/mol. The molecule has 2 unspecified atom stereocenters. The van der Waals surface area contributed by atoms with Gasteiger partial charge in [-0.05, 0) is 42.7 Å². The molecule has 0 aromatic heterocycles. The highest BCUT2D eigenvalue weighted by Crippen LogP contribution is 2.40. The standard InChI is InChI=1S/C17H23NO2/c1-12-7-15(10-17(2,3)9-12)20-16-8-14(19-4)6-5-13(16)11-18/h5-6,8,12,15H,7,9-10H2,1-4H3. The Hall–Kier alpha value is -1.69. The summed E-state index contributed by atoms with van der Waals surface area (Å²) in [6, 6.07) is 7.54. The Labute approximate surface area is 121 Å². The third-order valence-corrected chi connectivity index (χ3v) is 3.95. The summed E-state index contributed by atoms with van der Waals surface area (Å²) >= 11 is 0. The van der Waals surface area contributed by atoms with Crippen LogP contribution in [-0.4, -0.2) is 13.2 Å². The van der Waals surface area contributed by atoms with Gasteiger partial charge in [0.1, 0.15) is 17.6 Å². The van der Waals surface area contributed by atoms with Crippen LogP contribution in [0.4, 0.5) is 0 Å². The average Bonchev–Trinajstić information content (AvgIpc) is 2.36. The number of nitriles is 1. The molecule has 1 aliphatic rings. The first-order valence-corrected chi connectivity index (χ1v) is 7.18. The van der Waals surface area contributed by atoms with Crippen molar-refractivity contribution in [2.24, 2.45) is 11.3 Å². The van der Waals surface area contributed by atoms with Crippen molar-refractivity contribution < 1.29 is 9.47 Å². The second kappa shape index (κ2) is 5.75. The lowest BCUT2D eigenvalue weighted by Crippen LogP contribution is -2.34. The summed E-state index contributed by atoms with van der Waals surface area (Å²) in [6.45, 7) is 6.85. The van der Waals surface area contributed by atoms with Gasteiger partial charge in [0.05, 0.1) is 18.8 Å². The molecule has 0 N–H and O–H groups in total. The molecule has 1 fully saturated rings. The van der Waals surface area contributed by atoms with Crippen molar-refractivity contribution >= 4 is 0 Å². The third kappa shape index (κ3) is 3.45. The molecule has 2 atom stereocenters. The van der Waals surface area contributed by atoms with Gasteiger partial charge in [0, 0.05) is 6.07 Å². The molecular formula is C17H23NO2. The van der Waals surface area contributed by atoms with Crippen LogP contribution in [0.1, 0.15) is 45.6 Å². The number of nitrogens with zero attached hydrogens (tertiary/aromatic N) is 1. The molecule has 0 heterocycles. The molecule has 2 rings (SSSR count). The number of ether oxygens (including phenoxy) is 2. The maximum absolute atomic E-state index is 9.20. The number of rotatable bonds is 3. The first-order valence-electron chi connectivity index (χ1n) is 7.18. The van der Waals surface area contributed by atoms with E-state index in [1.165, 1.54) is 6.42 Å². The maximum Gasteiger partial charge on any atom is 0.141 e. The van der Waals surface area contributed by atoms with Gasteiger partial charge < -0.3 is 9.47 Å². The largest absolute Gasteiger partial charge is 0.497 e. The van der Waals surface area contributed by atoms with Gasteiger partial charge in [-0.2, -0.15) is 5.26 Å². The molecule has 1 saturated carbocycles. The van der Waals surface area contributed by atoms with Crippen LogP contribution in [0.3, 0.4) is 0 Å². The van der Waals surface area contributed by atoms with E-state index in [-0.39, 0.29) is 6.10 Å². The summed E-state index contributed by atoms with van der Waals surface area (Å²) in [4.78, 5) is 0. The van der Waals surface area contributed by atoms with E-state index < -0.39 is 0 Å². The fourth-order valence-electron chi connectivity index (χ4n) is 3.35. The zero-order valence-corrected chi connectivity index (χ0v) is 12.8. The fourth-order valence-corrected chi connectivity index (χ4v) is 3.35. The van der Waals surface area contributed by atoms with Crippen molar-refractivity contribution in [2.75, 3.05) is 7.11 Å². The predicted octanol–water partition coefficient (Wildman–Crippen LogP) is 4.16. The third-order valence-electron chi connectivity index (χ3n) is 3.95. The van der Waals surface area contributed by atoms with Crippen LogP contribution in [0.15, 0.2) is 18.2 Å². The first-order chi connectivity index (χ1) is 9.43. The number of methoxy groups -OCH3 is 1. The second-order valence-electron chi connectivity index (χ2n) is 6.63. The van der Waals surface area contributed by atoms with E-state index in [4.69, 9.17) is 9.47 Å². The Kier molecular flexibility index (Phi) is 4.23. The minimum Gasteiger partial charge on any atom is -0.497 e. The summed E-state index contributed by atoms with van der Waals surface area (Å²) in [5, 5.41) is 9.20. The maximum atomic E-state index is 9.20. The average molecular weight is 273 g/mol. The summed E-state index contributed by atoms with van der Waals surface area (Å²) < 4.78 is 11.3. The van der Waals surface area contributed by atoms with E-state index in [2.05, 4.69) is 26.8 Å². The molecule has 0 aliphatic heterocycles. The normalized spacial score (nSPS) is 24.8. The van der Waals surface area contributed by atoms with E-state index >= 15 is 0 Å². The van der Waals surface area contributed by atoms with Crippen molar-refractivity contribution in [1.29, 1.82) is 5.26 Å². The van der Waals surface area contributed by atoms with Gasteiger partial charge in [-0.3, -0.25) is 0 Å². The van der Waals surface area contributed by atoms with Gasteiger partial charge in [-0.15, -0.1) is 0 Å². The van der Waals surface area contributed by atoms with Gasteiger partial charge >= 0.3 is 0 Å². The molecule has 3 nitrogen and oxygen atoms in total. The Bertz CT molecular complexity index is 516. The number of benzene rings is 1. The van der Waals surface area contributed by atoms with Crippen LogP contribution in [0.2, 0.25) is 0 Å². The van der Waals surface area contributed by atoms with Crippen molar-refractivity contribution in [3.05, 3.63) is 23.8 Å². The first kappa shape index (κ1) is 14.7. The molecule has 0 amide bonds. The van der Waals surface area contributed by atoms with Crippen molar-refractivity contribution in [1.82, 2.24) is 0 Å². The van der Waals surface area contributed by atoms with Gasteiger partial charge in [-0.1, -0.05) is 20.8 Å². The summed E-state index contributed by atoms with van der Waals surface area (Å²) in [5.41, 5.74) is 0.871. The van der Waals surface area contributed by atoms with E-state index in [0.29, 0.717) is 22.6 Å². The topological polar surface area (TPSA) is 42.2 Å². The van der Waals surface area contributed by atoms with Crippen molar-refractivity contribution in [3.63, 3.8) is 0 Å². The molecule has 20 heavy (non-hydrogen) atoms. The molecule has 3 heteroatoms. The molecule has 1 aliphatic carbocycles. The highest BCUT2D eigenvalue weighted by atomic mass is 16.5. The zero-order valence-electron chi connectivity index (χ0n) is 12.8. The predicted molar refractivity (Wildman–Crippen MR) is 78.9 cm³/mol. The van der Waals surface area contributed by atoms with Gasteiger partial charge in [0.25, 0.3) is 0 Å². The van der Waals surface area contributed by atoms with Gasteiger partial charge in [-0.25, -0.2) is 0 Å². The number of hydrogen-bond acceptors (Lipinski definition) is 3. The molecular weight excluding hydrogens is 250 g/mol. The molecule has 108 valence electrons. The van der Waals surface area contributed by atoms with E-state index in [1.807, 2.05) is 6.07 Å².